The molecule has 0 fully saturated rings. The Morgan fingerprint density at radius 2 is 2.08 bits per heavy atom. The number of hydrogen-bond acceptors (Lipinski definition) is 2. The molecular formula is C10H22N2. The van der Waals surface area contributed by atoms with Crippen molar-refractivity contribution in [2.75, 3.05) is 13.1 Å². The Hall–Kier alpha value is -0.340. The molecule has 0 saturated heterocycles. The minimum absolute atomic E-state index is 0.610. The van der Waals surface area contributed by atoms with E-state index in [2.05, 4.69) is 19.9 Å². The molecule has 2 heteroatoms. The van der Waals surface area contributed by atoms with Gasteiger partial charge in [0.05, 0.1) is 0 Å². The standard InChI is InChI=1S/C10H22N2/c1-9(5-3-4-6-11)7-10(2)8-12/h5,10H,3-4,6-8,11-12H2,1-2H3. The molecule has 0 bridgehead atoms. The van der Waals surface area contributed by atoms with Crippen LogP contribution in [-0.2, 0) is 0 Å². The van der Waals surface area contributed by atoms with Crippen LogP contribution in [0.15, 0.2) is 11.6 Å². The maximum absolute atomic E-state index is 5.53. The molecule has 0 aromatic carbocycles. The fourth-order valence-electron chi connectivity index (χ4n) is 1.18. The van der Waals surface area contributed by atoms with Gasteiger partial charge in [0.15, 0.2) is 0 Å². The van der Waals surface area contributed by atoms with E-state index >= 15 is 0 Å². The summed E-state index contributed by atoms with van der Waals surface area (Å²) in [7, 11) is 0. The number of rotatable bonds is 6. The Balaban J connectivity index is 3.54. The second kappa shape index (κ2) is 7.32. The van der Waals surface area contributed by atoms with Crippen LogP contribution in [0.1, 0.15) is 33.1 Å². The largest absolute Gasteiger partial charge is 0.330 e. The normalized spacial score (nSPS) is 14.8. The molecule has 0 aliphatic heterocycles. The van der Waals surface area contributed by atoms with Crippen molar-refractivity contribution in [1.29, 1.82) is 0 Å². The molecule has 0 heterocycles. The van der Waals surface area contributed by atoms with Crippen LogP contribution in [0, 0.1) is 5.92 Å². The first-order chi connectivity index (χ1) is 5.70. The molecule has 4 N–H and O–H groups in total. The van der Waals surface area contributed by atoms with E-state index in [4.69, 9.17) is 11.5 Å². The van der Waals surface area contributed by atoms with Gasteiger partial charge in [-0.2, -0.15) is 0 Å². The Morgan fingerprint density at radius 3 is 2.58 bits per heavy atom. The van der Waals surface area contributed by atoms with Crippen LogP contribution in [0.3, 0.4) is 0 Å². The van der Waals surface area contributed by atoms with Crippen LogP contribution in [0.2, 0.25) is 0 Å². The quantitative estimate of drug-likeness (QED) is 0.470. The molecule has 1 atom stereocenters. The molecule has 0 aromatic heterocycles. The van der Waals surface area contributed by atoms with Gasteiger partial charge in [0.1, 0.15) is 0 Å². The fourth-order valence-corrected chi connectivity index (χ4v) is 1.18. The van der Waals surface area contributed by atoms with Gasteiger partial charge >= 0.3 is 0 Å². The van der Waals surface area contributed by atoms with Crippen LogP contribution in [0.25, 0.3) is 0 Å². The molecule has 0 amide bonds. The molecule has 0 spiro atoms. The van der Waals surface area contributed by atoms with Crippen molar-refractivity contribution in [1.82, 2.24) is 0 Å². The van der Waals surface area contributed by atoms with E-state index in [0.29, 0.717) is 5.92 Å². The molecule has 0 saturated carbocycles. The Kier molecular flexibility index (Phi) is 7.11. The molecule has 2 nitrogen and oxygen atoms in total. The maximum atomic E-state index is 5.53. The molecule has 0 radical (unpaired) electrons. The highest BCUT2D eigenvalue weighted by molar-refractivity contribution is 4.98. The Bertz CT molecular complexity index is 130. The van der Waals surface area contributed by atoms with Crippen molar-refractivity contribution in [3.63, 3.8) is 0 Å². The topological polar surface area (TPSA) is 52.0 Å². The zero-order valence-corrected chi connectivity index (χ0v) is 8.34. The number of allylic oxidation sites excluding steroid dienone is 2. The second-order valence-corrected chi connectivity index (χ2v) is 3.53. The summed E-state index contributed by atoms with van der Waals surface area (Å²) in [5, 5.41) is 0. The van der Waals surface area contributed by atoms with Gasteiger partial charge in [-0.15, -0.1) is 0 Å². The fraction of sp³-hybridized carbons (Fsp3) is 0.800. The van der Waals surface area contributed by atoms with E-state index in [1.165, 1.54) is 5.57 Å². The van der Waals surface area contributed by atoms with Crippen molar-refractivity contribution in [3.8, 4) is 0 Å². The molecule has 0 aliphatic carbocycles. The third kappa shape index (κ3) is 6.38. The average molecular weight is 170 g/mol. The lowest BCUT2D eigenvalue weighted by atomic mass is 10.0. The van der Waals surface area contributed by atoms with E-state index in [0.717, 1.165) is 32.4 Å². The average Bonchev–Trinajstić information content (AvgIpc) is 2.05. The van der Waals surface area contributed by atoms with Crippen molar-refractivity contribution in [2.45, 2.75) is 33.1 Å². The molecule has 0 rings (SSSR count). The van der Waals surface area contributed by atoms with Crippen molar-refractivity contribution < 1.29 is 0 Å². The molecule has 1 unspecified atom stereocenters. The summed E-state index contributed by atoms with van der Waals surface area (Å²) < 4.78 is 0. The lowest BCUT2D eigenvalue weighted by Crippen LogP contribution is -2.10. The molecule has 0 aromatic rings. The van der Waals surface area contributed by atoms with Gasteiger partial charge in [0.25, 0.3) is 0 Å². The highest BCUT2D eigenvalue weighted by Crippen LogP contribution is 2.10. The summed E-state index contributed by atoms with van der Waals surface area (Å²) in [6.07, 6.45) is 5.61. The van der Waals surface area contributed by atoms with Gasteiger partial charge < -0.3 is 11.5 Å². The van der Waals surface area contributed by atoms with Crippen LogP contribution < -0.4 is 11.5 Å². The van der Waals surface area contributed by atoms with Gasteiger partial charge in [0, 0.05) is 0 Å². The number of unbranched alkanes of at least 4 members (excludes halogenated alkanes) is 1. The van der Waals surface area contributed by atoms with Gasteiger partial charge in [-0.25, -0.2) is 0 Å². The second-order valence-electron chi connectivity index (χ2n) is 3.53. The smallest absolute Gasteiger partial charge is 0.00484 e. The molecular weight excluding hydrogens is 148 g/mol. The SMILES string of the molecule is CC(=CCCCN)CC(C)CN. The predicted molar refractivity (Wildman–Crippen MR) is 54.9 cm³/mol. The third-order valence-electron chi connectivity index (χ3n) is 1.97. The minimum Gasteiger partial charge on any atom is -0.330 e. The van der Waals surface area contributed by atoms with Gasteiger partial charge in [-0.3, -0.25) is 0 Å². The molecule has 12 heavy (non-hydrogen) atoms. The lowest BCUT2D eigenvalue weighted by Gasteiger charge is -2.07. The predicted octanol–water partition coefficient (Wildman–Crippen LogP) is 1.66. The molecule has 0 aliphatic rings. The van der Waals surface area contributed by atoms with Crippen LogP contribution in [0.5, 0.6) is 0 Å². The van der Waals surface area contributed by atoms with E-state index < -0.39 is 0 Å². The summed E-state index contributed by atoms with van der Waals surface area (Å²) in [4.78, 5) is 0. The molecule has 72 valence electrons. The lowest BCUT2D eigenvalue weighted by molar-refractivity contribution is 0.587. The number of hydrogen-bond donors (Lipinski definition) is 2. The number of nitrogens with two attached hydrogens (primary N) is 2. The Labute approximate surface area is 76.0 Å². The van der Waals surface area contributed by atoms with E-state index in [-0.39, 0.29) is 0 Å². The summed E-state index contributed by atoms with van der Waals surface area (Å²) in [5.74, 6) is 0.610. The van der Waals surface area contributed by atoms with E-state index in [1.807, 2.05) is 0 Å². The van der Waals surface area contributed by atoms with Gasteiger partial charge in [-0.1, -0.05) is 18.6 Å². The van der Waals surface area contributed by atoms with Crippen LogP contribution in [-0.4, -0.2) is 13.1 Å². The van der Waals surface area contributed by atoms with Gasteiger partial charge in [-0.05, 0) is 45.2 Å². The summed E-state index contributed by atoms with van der Waals surface area (Å²) in [6, 6.07) is 0. The first-order valence-corrected chi connectivity index (χ1v) is 4.76. The highest BCUT2D eigenvalue weighted by atomic mass is 14.5. The monoisotopic (exact) mass is 170 g/mol. The highest BCUT2D eigenvalue weighted by Gasteiger charge is 1.98. The Morgan fingerprint density at radius 1 is 1.42 bits per heavy atom. The summed E-state index contributed by atoms with van der Waals surface area (Å²) in [5.41, 5.74) is 12.4. The third-order valence-corrected chi connectivity index (χ3v) is 1.97. The van der Waals surface area contributed by atoms with Crippen LogP contribution >= 0.6 is 0 Å². The van der Waals surface area contributed by atoms with Crippen molar-refractivity contribution in [2.24, 2.45) is 17.4 Å². The van der Waals surface area contributed by atoms with E-state index in [1.54, 1.807) is 0 Å². The zero-order chi connectivity index (χ0) is 9.40. The minimum atomic E-state index is 0.610. The first-order valence-electron chi connectivity index (χ1n) is 4.76. The van der Waals surface area contributed by atoms with Gasteiger partial charge in [0.2, 0.25) is 0 Å². The first kappa shape index (κ1) is 11.7. The van der Waals surface area contributed by atoms with E-state index in [9.17, 15) is 0 Å². The maximum Gasteiger partial charge on any atom is -0.00484 e. The summed E-state index contributed by atoms with van der Waals surface area (Å²) in [6.45, 7) is 5.92. The van der Waals surface area contributed by atoms with Crippen LogP contribution in [0.4, 0.5) is 0 Å². The summed E-state index contributed by atoms with van der Waals surface area (Å²) >= 11 is 0. The van der Waals surface area contributed by atoms with Crippen molar-refractivity contribution >= 4 is 0 Å². The van der Waals surface area contributed by atoms with Crippen molar-refractivity contribution in [3.05, 3.63) is 11.6 Å². The zero-order valence-electron chi connectivity index (χ0n) is 8.34.